The van der Waals surface area contributed by atoms with Gasteiger partial charge in [-0.05, 0) is 12.3 Å². The van der Waals surface area contributed by atoms with Gasteiger partial charge in [-0.25, -0.2) is 0 Å². The van der Waals surface area contributed by atoms with Crippen LogP contribution in [0.1, 0.15) is 33.0 Å². The van der Waals surface area contributed by atoms with Crippen LogP contribution in [0, 0.1) is 5.92 Å². The molecule has 0 fully saturated rings. The van der Waals surface area contributed by atoms with E-state index in [0.29, 0.717) is 12.5 Å². The van der Waals surface area contributed by atoms with Crippen LogP contribution >= 0.6 is 24.0 Å². The van der Waals surface area contributed by atoms with Crippen LogP contribution in [0.25, 0.3) is 0 Å². The molecule has 0 bridgehead atoms. The minimum Gasteiger partial charge on any atom is -0.355 e. The number of aliphatic imine (C=N–C) groups is 1. The fourth-order valence-corrected chi connectivity index (χ4v) is 1.81. The first-order valence-corrected chi connectivity index (χ1v) is 7.67. The maximum absolute atomic E-state index is 4.57. The Labute approximate surface area is 150 Å². The number of rotatable bonds is 9. The molecule has 0 atom stereocenters. The van der Waals surface area contributed by atoms with E-state index in [1.807, 2.05) is 6.08 Å². The molecular weight excluding hydrogens is 391 g/mol. The number of nitrogens with zero attached hydrogens (tertiary/aromatic N) is 4. The Bertz CT molecular complexity index is 441. The van der Waals surface area contributed by atoms with Crippen molar-refractivity contribution in [2.75, 3.05) is 19.6 Å². The van der Waals surface area contributed by atoms with Gasteiger partial charge in [-0.15, -0.1) is 40.8 Å². The lowest BCUT2D eigenvalue weighted by Crippen LogP contribution is -2.39. The second kappa shape index (κ2) is 12.4. The first kappa shape index (κ1) is 20.9. The van der Waals surface area contributed by atoms with Crippen molar-refractivity contribution in [1.82, 2.24) is 25.4 Å². The van der Waals surface area contributed by atoms with Crippen molar-refractivity contribution in [1.29, 1.82) is 0 Å². The summed E-state index contributed by atoms with van der Waals surface area (Å²) in [5.74, 6) is 2.51. The lowest BCUT2D eigenvalue weighted by atomic mass is 10.1. The highest BCUT2D eigenvalue weighted by molar-refractivity contribution is 14.0. The molecule has 126 valence electrons. The molecule has 0 unspecified atom stereocenters. The molecular formula is C15H29IN6. The van der Waals surface area contributed by atoms with E-state index >= 15 is 0 Å². The van der Waals surface area contributed by atoms with E-state index in [1.54, 1.807) is 6.33 Å². The molecule has 0 saturated carbocycles. The molecule has 6 nitrogen and oxygen atoms in total. The van der Waals surface area contributed by atoms with Crippen LogP contribution in [0.3, 0.4) is 0 Å². The molecule has 0 spiro atoms. The van der Waals surface area contributed by atoms with Crippen molar-refractivity contribution in [2.24, 2.45) is 10.9 Å². The third kappa shape index (κ3) is 8.35. The second-order valence-corrected chi connectivity index (χ2v) is 5.30. The van der Waals surface area contributed by atoms with Crippen LogP contribution in [0.15, 0.2) is 24.0 Å². The Morgan fingerprint density at radius 2 is 2.23 bits per heavy atom. The van der Waals surface area contributed by atoms with Gasteiger partial charge in [0.1, 0.15) is 12.2 Å². The predicted octanol–water partition coefficient (Wildman–Crippen LogP) is 2.23. The molecule has 1 heterocycles. The Morgan fingerprint density at radius 3 is 2.86 bits per heavy atom. The van der Waals surface area contributed by atoms with E-state index in [9.17, 15) is 0 Å². The first-order chi connectivity index (χ1) is 10.2. The molecule has 22 heavy (non-hydrogen) atoms. The molecule has 7 heteroatoms. The highest BCUT2D eigenvalue weighted by atomic mass is 127. The van der Waals surface area contributed by atoms with Crippen molar-refractivity contribution in [3.63, 3.8) is 0 Å². The van der Waals surface area contributed by atoms with Gasteiger partial charge in [0.25, 0.3) is 0 Å². The highest BCUT2D eigenvalue weighted by Crippen LogP contribution is 1.98. The number of hydrogen-bond acceptors (Lipinski definition) is 3. The second-order valence-electron chi connectivity index (χ2n) is 5.30. The summed E-state index contributed by atoms with van der Waals surface area (Å²) in [6.45, 7) is 13.4. The Morgan fingerprint density at radius 1 is 1.45 bits per heavy atom. The van der Waals surface area contributed by atoms with Crippen LogP contribution in [-0.2, 0) is 13.0 Å². The topological polar surface area (TPSA) is 67.1 Å². The summed E-state index contributed by atoms with van der Waals surface area (Å²) in [7, 11) is 0. The lowest BCUT2D eigenvalue weighted by molar-refractivity contribution is 0.592. The molecule has 0 radical (unpaired) electrons. The molecule has 2 N–H and O–H groups in total. The minimum atomic E-state index is 0. The molecule has 0 aliphatic carbocycles. The van der Waals surface area contributed by atoms with Crippen LogP contribution in [0.2, 0.25) is 0 Å². The maximum atomic E-state index is 4.57. The van der Waals surface area contributed by atoms with Gasteiger partial charge >= 0.3 is 0 Å². The van der Waals surface area contributed by atoms with Crippen molar-refractivity contribution >= 4 is 29.9 Å². The zero-order valence-electron chi connectivity index (χ0n) is 13.9. The van der Waals surface area contributed by atoms with E-state index in [1.165, 1.54) is 0 Å². The van der Waals surface area contributed by atoms with Gasteiger partial charge in [-0.1, -0.05) is 26.8 Å². The molecule has 0 aliphatic heterocycles. The number of aromatic nitrogens is 3. The fourth-order valence-electron chi connectivity index (χ4n) is 1.81. The average molecular weight is 420 g/mol. The summed E-state index contributed by atoms with van der Waals surface area (Å²) >= 11 is 0. The lowest BCUT2D eigenvalue weighted by Gasteiger charge is -2.12. The third-order valence-corrected chi connectivity index (χ3v) is 3.05. The van der Waals surface area contributed by atoms with E-state index in [2.05, 4.69) is 57.7 Å². The molecule has 0 saturated heterocycles. The number of hydrogen-bond donors (Lipinski definition) is 2. The van der Waals surface area contributed by atoms with E-state index in [4.69, 9.17) is 0 Å². The summed E-state index contributed by atoms with van der Waals surface area (Å²) in [4.78, 5) is 4.57. The van der Waals surface area contributed by atoms with E-state index < -0.39 is 0 Å². The molecule has 1 aromatic rings. The van der Waals surface area contributed by atoms with E-state index in [0.717, 1.165) is 44.3 Å². The standard InChI is InChI=1S/C15H28N6.HI/c1-5-8-16-15(17-9-7-13(3)4)18-10-11-21-12-19-20-14(21)6-2;/h5,12-13H,1,6-11H2,2-4H3,(H2,16,17,18);1H. The van der Waals surface area contributed by atoms with Crippen LogP contribution in [0.4, 0.5) is 0 Å². The first-order valence-electron chi connectivity index (χ1n) is 7.67. The van der Waals surface area contributed by atoms with Crippen molar-refractivity contribution in [3.05, 3.63) is 24.8 Å². The molecule has 0 aliphatic rings. The van der Waals surface area contributed by atoms with Crippen LogP contribution < -0.4 is 10.6 Å². The van der Waals surface area contributed by atoms with Gasteiger partial charge in [0.2, 0.25) is 0 Å². The number of aryl methyl sites for hydroxylation is 1. The third-order valence-electron chi connectivity index (χ3n) is 3.05. The number of guanidine groups is 1. The van der Waals surface area contributed by atoms with Gasteiger partial charge in [-0.3, -0.25) is 4.99 Å². The molecule has 0 aromatic carbocycles. The normalized spacial score (nSPS) is 11.2. The quantitative estimate of drug-likeness (QED) is 0.278. The summed E-state index contributed by atoms with van der Waals surface area (Å²) in [6, 6.07) is 0. The van der Waals surface area contributed by atoms with E-state index in [-0.39, 0.29) is 24.0 Å². The Hall–Kier alpha value is -1.12. The Kier molecular flexibility index (Phi) is 11.8. The molecule has 1 aromatic heterocycles. The van der Waals surface area contributed by atoms with Gasteiger partial charge in [-0.2, -0.15) is 0 Å². The minimum absolute atomic E-state index is 0. The maximum Gasteiger partial charge on any atom is 0.191 e. The average Bonchev–Trinajstić information content (AvgIpc) is 2.91. The highest BCUT2D eigenvalue weighted by Gasteiger charge is 2.02. The van der Waals surface area contributed by atoms with Gasteiger partial charge < -0.3 is 15.2 Å². The monoisotopic (exact) mass is 420 g/mol. The smallest absolute Gasteiger partial charge is 0.191 e. The molecule has 0 amide bonds. The fraction of sp³-hybridized carbons (Fsp3) is 0.667. The van der Waals surface area contributed by atoms with Gasteiger partial charge in [0.05, 0.1) is 0 Å². The van der Waals surface area contributed by atoms with Crippen molar-refractivity contribution in [2.45, 2.75) is 40.2 Å². The van der Waals surface area contributed by atoms with Crippen molar-refractivity contribution in [3.8, 4) is 0 Å². The summed E-state index contributed by atoms with van der Waals surface area (Å²) in [5, 5.41) is 14.6. The largest absolute Gasteiger partial charge is 0.355 e. The van der Waals surface area contributed by atoms with Crippen LogP contribution in [0.5, 0.6) is 0 Å². The summed E-state index contributed by atoms with van der Waals surface area (Å²) in [5.41, 5.74) is 0. The Balaban J connectivity index is 0.00000441. The SMILES string of the molecule is C=CCNC(=NCCC(C)C)NCCn1cnnc1CC.I. The summed E-state index contributed by atoms with van der Waals surface area (Å²) in [6.07, 6.45) is 5.58. The number of nitrogens with one attached hydrogen (secondary N) is 2. The van der Waals surface area contributed by atoms with Crippen LogP contribution in [-0.4, -0.2) is 40.4 Å². The van der Waals surface area contributed by atoms with Gasteiger partial charge in [0.15, 0.2) is 5.96 Å². The molecule has 1 rings (SSSR count). The van der Waals surface area contributed by atoms with Gasteiger partial charge in [0, 0.05) is 32.6 Å². The predicted molar refractivity (Wildman–Crippen MR) is 103 cm³/mol. The summed E-state index contributed by atoms with van der Waals surface area (Å²) < 4.78 is 2.06. The number of halogens is 1. The zero-order valence-corrected chi connectivity index (χ0v) is 16.2. The van der Waals surface area contributed by atoms with Crippen molar-refractivity contribution < 1.29 is 0 Å². The zero-order chi connectivity index (χ0) is 15.5.